The van der Waals surface area contributed by atoms with Crippen LogP contribution in [0.15, 0.2) is 46.7 Å². The van der Waals surface area contributed by atoms with Crippen molar-refractivity contribution in [2.45, 2.75) is 10.1 Å². The summed E-state index contributed by atoms with van der Waals surface area (Å²) in [6.45, 7) is 0. The molecule has 0 atom stereocenters. The summed E-state index contributed by atoms with van der Waals surface area (Å²) in [4.78, 5) is 15.9. The van der Waals surface area contributed by atoms with Crippen LogP contribution < -0.4 is 10.5 Å². The first kappa shape index (κ1) is 15.5. The zero-order valence-electron chi connectivity index (χ0n) is 11.2. The maximum absolute atomic E-state index is 11.8. The van der Waals surface area contributed by atoms with Crippen molar-refractivity contribution in [1.82, 2.24) is 9.55 Å². The van der Waals surface area contributed by atoms with Gasteiger partial charge in [-0.1, -0.05) is 17.8 Å². The molecule has 1 amide bonds. The molecule has 3 N–H and O–H groups in total. The highest BCUT2D eigenvalue weighted by Crippen LogP contribution is 2.17. The van der Waals surface area contributed by atoms with Crippen LogP contribution in [0.2, 0.25) is 0 Å². The molecule has 112 valence electrons. The number of sulfonamides is 1. The van der Waals surface area contributed by atoms with Crippen LogP contribution in [0.25, 0.3) is 0 Å². The molecule has 0 aliphatic heterocycles. The monoisotopic (exact) mass is 326 g/mol. The van der Waals surface area contributed by atoms with Gasteiger partial charge in [0.25, 0.3) is 0 Å². The number of hydrogen-bond acceptors (Lipinski definition) is 5. The quantitative estimate of drug-likeness (QED) is 0.790. The molecule has 0 saturated carbocycles. The number of hydrogen-bond donors (Lipinski definition) is 2. The molecule has 0 radical (unpaired) electrons. The Labute approximate surface area is 126 Å². The molecule has 0 aliphatic rings. The van der Waals surface area contributed by atoms with Crippen molar-refractivity contribution in [1.29, 1.82) is 0 Å². The highest BCUT2D eigenvalue weighted by atomic mass is 32.2. The first-order valence-corrected chi connectivity index (χ1v) is 8.42. The lowest BCUT2D eigenvalue weighted by atomic mass is 10.3. The number of amides is 1. The van der Waals surface area contributed by atoms with Gasteiger partial charge in [0.15, 0.2) is 5.16 Å². The predicted molar refractivity (Wildman–Crippen MR) is 80.4 cm³/mol. The van der Waals surface area contributed by atoms with Gasteiger partial charge in [0.05, 0.1) is 10.6 Å². The van der Waals surface area contributed by atoms with Crippen LogP contribution in [0, 0.1) is 0 Å². The molecule has 0 unspecified atom stereocenters. The van der Waals surface area contributed by atoms with Gasteiger partial charge in [0.1, 0.15) is 0 Å². The largest absolute Gasteiger partial charge is 0.329 e. The van der Waals surface area contributed by atoms with Gasteiger partial charge < -0.3 is 9.88 Å². The van der Waals surface area contributed by atoms with Gasteiger partial charge in [-0.05, 0) is 18.2 Å². The zero-order valence-corrected chi connectivity index (χ0v) is 12.8. The summed E-state index contributed by atoms with van der Waals surface area (Å²) in [7, 11) is -1.95. The van der Waals surface area contributed by atoms with Gasteiger partial charge >= 0.3 is 0 Å². The molecular formula is C12H14N4O3S2. The highest BCUT2D eigenvalue weighted by molar-refractivity contribution is 7.99. The second kappa shape index (κ2) is 6.29. The summed E-state index contributed by atoms with van der Waals surface area (Å²) >= 11 is 1.29. The van der Waals surface area contributed by atoms with E-state index >= 15 is 0 Å². The lowest BCUT2D eigenvalue weighted by Gasteiger charge is -2.06. The van der Waals surface area contributed by atoms with Crippen molar-refractivity contribution < 1.29 is 13.2 Å². The topological polar surface area (TPSA) is 107 Å². The average Bonchev–Trinajstić information content (AvgIpc) is 2.81. The summed E-state index contributed by atoms with van der Waals surface area (Å²) in [5, 5.41) is 8.39. The van der Waals surface area contributed by atoms with E-state index in [1.54, 1.807) is 23.0 Å². The Balaban J connectivity index is 1.98. The normalized spacial score (nSPS) is 11.3. The van der Waals surface area contributed by atoms with Gasteiger partial charge in [-0.25, -0.2) is 18.5 Å². The molecule has 0 fully saturated rings. The molecule has 1 heterocycles. The lowest BCUT2D eigenvalue weighted by molar-refractivity contribution is -0.113. The Morgan fingerprint density at radius 1 is 1.48 bits per heavy atom. The maximum Gasteiger partial charge on any atom is 0.238 e. The molecule has 2 aromatic rings. The highest BCUT2D eigenvalue weighted by Gasteiger charge is 2.10. The molecule has 0 saturated heterocycles. The van der Waals surface area contributed by atoms with E-state index in [-0.39, 0.29) is 16.6 Å². The number of imidazole rings is 1. The number of carbonyl (C=O) groups excluding carboxylic acids is 1. The van der Waals surface area contributed by atoms with Crippen LogP contribution in [0.4, 0.5) is 5.69 Å². The fraction of sp³-hybridized carbons (Fsp3) is 0.167. The molecule has 0 bridgehead atoms. The van der Waals surface area contributed by atoms with Gasteiger partial charge in [0, 0.05) is 25.1 Å². The van der Waals surface area contributed by atoms with Crippen molar-refractivity contribution >= 4 is 33.4 Å². The first-order valence-electron chi connectivity index (χ1n) is 5.89. The summed E-state index contributed by atoms with van der Waals surface area (Å²) in [6.07, 6.45) is 3.44. The summed E-state index contributed by atoms with van der Waals surface area (Å²) in [5.41, 5.74) is 0.381. The molecule has 0 spiro atoms. The van der Waals surface area contributed by atoms with E-state index in [0.717, 1.165) is 5.16 Å². The zero-order chi connectivity index (χ0) is 15.5. The van der Waals surface area contributed by atoms with Crippen LogP contribution in [-0.2, 0) is 21.9 Å². The Kier molecular flexibility index (Phi) is 4.66. The molecule has 0 aliphatic carbocycles. The second-order valence-electron chi connectivity index (χ2n) is 4.23. The molecular weight excluding hydrogens is 312 g/mol. The third kappa shape index (κ3) is 4.31. The van der Waals surface area contributed by atoms with Crippen molar-refractivity contribution in [3.05, 3.63) is 36.7 Å². The van der Waals surface area contributed by atoms with Gasteiger partial charge in [-0.15, -0.1) is 0 Å². The molecule has 7 nitrogen and oxygen atoms in total. The van der Waals surface area contributed by atoms with Crippen LogP contribution >= 0.6 is 11.8 Å². The summed E-state index contributed by atoms with van der Waals surface area (Å²) < 4.78 is 24.3. The minimum absolute atomic E-state index is 0.0444. The van der Waals surface area contributed by atoms with Crippen LogP contribution in [-0.4, -0.2) is 29.6 Å². The number of nitrogens with zero attached hydrogens (tertiary/aromatic N) is 2. The van der Waals surface area contributed by atoms with E-state index < -0.39 is 10.0 Å². The fourth-order valence-corrected chi connectivity index (χ4v) is 2.86. The smallest absolute Gasteiger partial charge is 0.238 e. The summed E-state index contributed by atoms with van der Waals surface area (Å²) in [5.74, 6) is -0.0839. The van der Waals surface area contributed by atoms with Crippen molar-refractivity contribution in [2.75, 3.05) is 11.1 Å². The van der Waals surface area contributed by atoms with Gasteiger partial charge in [-0.2, -0.15) is 0 Å². The minimum atomic E-state index is -3.78. The van der Waals surface area contributed by atoms with E-state index in [2.05, 4.69) is 10.3 Å². The third-order valence-corrected chi connectivity index (χ3v) is 4.52. The molecule has 2 rings (SSSR count). The SMILES string of the molecule is Cn1ccnc1SCC(=O)Nc1cccc(S(N)(=O)=O)c1. The average molecular weight is 326 g/mol. The van der Waals surface area contributed by atoms with Crippen LogP contribution in [0.3, 0.4) is 0 Å². The number of rotatable bonds is 5. The van der Waals surface area contributed by atoms with E-state index in [9.17, 15) is 13.2 Å². The number of aryl methyl sites for hydroxylation is 1. The molecule has 1 aromatic heterocycles. The van der Waals surface area contributed by atoms with Gasteiger partial charge in [0.2, 0.25) is 15.9 Å². The molecule has 21 heavy (non-hydrogen) atoms. The molecule has 1 aromatic carbocycles. The standard InChI is InChI=1S/C12H14N4O3S2/c1-16-6-5-14-12(16)20-8-11(17)15-9-3-2-4-10(7-9)21(13,18)19/h2-7H,8H2,1H3,(H,15,17)(H2,13,18,19). The Hall–Kier alpha value is -1.84. The van der Waals surface area contributed by atoms with E-state index in [0.29, 0.717) is 5.69 Å². The van der Waals surface area contributed by atoms with Crippen molar-refractivity contribution in [3.8, 4) is 0 Å². The number of benzene rings is 1. The predicted octanol–water partition coefficient (Wildman–Crippen LogP) is 0.798. The number of nitrogens with one attached hydrogen (secondary N) is 1. The number of carbonyl (C=O) groups is 1. The maximum atomic E-state index is 11.8. The van der Waals surface area contributed by atoms with Crippen LogP contribution in [0.5, 0.6) is 0 Å². The van der Waals surface area contributed by atoms with E-state index in [4.69, 9.17) is 5.14 Å². The minimum Gasteiger partial charge on any atom is -0.329 e. The Morgan fingerprint density at radius 2 is 2.24 bits per heavy atom. The van der Waals surface area contributed by atoms with Crippen molar-refractivity contribution in [2.24, 2.45) is 12.2 Å². The lowest BCUT2D eigenvalue weighted by Crippen LogP contribution is -2.16. The number of thioether (sulfide) groups is 1. The summed E-state index contributed by atoms with van der Waals surface area (Å²) in [6, 6.07) is 5.80. The third-order valence-electron chi connectivity index (χ3n) is 2.56. The number of anilines is 1. The van der Waals surface area contributed by atoms with Crippen molar-refractivity contribution in [3.63, 3.8) is 0 Å². The Morgan fingerprint density at radius 3 is 2.86 bits per heavy atom. The Bertz CT molecular complexity index is 755. The van der Waals surface area contributed by atoms with E-state index in [1.165, 1.54) is 30.0 Å². The van der Waals surface area contributed by atoms with Crippen LogP contribution in [0.1, 0.15) is 0 Å². The fourth-order valence-electron chi connectivity index (χ4n) is 1.57. The van der Waals surface area contributed by atoms with E-state index in [1.807, 2.05) is 7.05 Å². The van der Waals surface area contributed by atoms with Gasteiger partial charge in [-0.3, -0.25) is 4.79 Å². The molecule has 9 heteroatoms. The second-order valence-corrected chi connectivity index (χ2v) is 6.73. The number of primary sulfonamides is 1. The first-order chi connectivity index (χ1) is 9.86. The number of aromatic nitrogens is 2. The number of nitrogens with two attached hydrogens (primary N) is 1.